The predicted molar refractivity (Wildman–Crippen MR) is 92.9 cm³/mol. The lowest BCUT2D eigenvalue weighted by Crippen LogP contribution is -2.53. The minimum Gasteiger partial charge on any atom is -0.493 e. The van der Waals surface area contributed by atoms with Crippen molar-refractivity contribution in [3.63, 3.8) is 0 Å². The van der Waals surface area contributed by atoms with Crippen LogP contribution in [0.5, 0.6) is 11.5 Å². The number of hydrogen-bond donors (Lipinski definition) is 1. The SMILES string of the molecule is COc1ccc(C(=O)N2CCN(C(=O)[C@@H](C)N)CC2)cc1OC.Cl. The molecular weight excluding hydrogens is 334 g/mol. The molecule has 1 saturated heterocycles. The summed E-state index contributed by atoms with van der Waals surface area (Å²) in [6, 6.07) is 4.58. The summed E-state index contributed by atoms with van der Waals surface area (Å²) in [6.45, 7) is 3.65. The van der Waals surface area contributed by atoms with Gasteiger partial charge in [0, 0.05) is 31.7 Å². The Balaban J connectivity index is 0.00000288. The van der Waals surface area contributed by atoms with E-state index in [-0.39, 0.29) is 24.2 Å². The zero-order valence-corrected chi connectivity index (χ0v) is 15.0. The summed E-state index contributed by atoms with van der Waals surface area (Å²) >= 11 is 0. The molecule has 0 spiro atoms. The molecule has 0 bridgehead atoms. The molecule has 2 amide bonds. The maximum Gasteiger partial charge on any atom is 0.254 e. The van der Waals surface area contributed by atoms with Gasteiger partial charge in [0.15, 0.2) is 11.5 Å². The van der Waals surface area contributed by atoms with Crippen molar-refractivity contribution in [3.05, 3.63) is 23.8 Å². The summed E-state index contributed by atoms with van der Waals surface area (Å²) in [5.74, 6) is 0.933. The molecule has 24 heavy (non-hydrogen) atoms. The number of methoxy groups -OCH3 is 2. The number of halogens is 1. The van der Waals surface area contributed by atoms with Gasteiger partial charge in [-0.25, -0.2) is 0 Å². The molecule has 0 saturated carbocycles. The van der Waals surface area contributed by atoms with E-state index in [1.807, 2.05) is 0 Å². The summed E-state index contributed by atoms with van der Waals surface area (Å²) in [6.07, 6.45) is 0. The molecule has 2 rings (SSSR count). The molecule has 0 aromatic heterocycles. The highest BCUT2D eigenvalue weighted by Crippen LogP contribution is 2.28. The molecule has 1 aliphatic rings. The van der Waals surface area contributed by atoms with Crippen LogP contribution in [-0.2, 0) is 4.79 Å². The van der Waals surface area contributed by atoms with Crippen LogP contribution in [0.15, 0.2) is 18.2 Å². The lowest BCUT2D eigenvalue weighted by molar-refractivity contribution is -0.133. The number of nitrogens with two attached hydrogens (primary N) is 1. The van der Waals surface area contributed by atoms with Crippen LogP contribution in [0, 0.1) is 0 Å². The van der Waals surface area contributed by atoms with E-state index in [1.54, 1.807) is 42.0 Å². The number of nitrogens with zero attached hydrogens (tertiary/aromatic N) is 2. The normalized spacial score (nSPS) is 15.3. The summed E-state index contributed by atoms with van der Waals surface area (Å²) in [7, 11) is 3.08. The van der Waals surface area contributed by atoms with E-state index < -0.39 is 6.04 Å². The second kappa shape index (κ2) is 8.75. The van der Waals surface area contributed by atoms with Gasteiger partial charge in [0.05, 0.1) is 20.3 Å². The van der Waals surface area contributed by atoms with E-state index in [4.69, 9.17) is 15.2 Å². The highest BCUT2D eigenvalue weighted by molar-refractivity contribution is 5.95. The summed E-state index contributed by atoms with van der Waals surface area (Å²) in [5, 5.41) is 0. The Morgan fingerprint density at radius 2 is 1.58 bits per heavy atom. The molecule has 1 aliphatic heterocycles. The first kappa shape index (κ1) is 20.1. The van der Waals surface area contributed by atoms with Gasteiger partial charge in [0.25, 0.3) is 5.91 Å². The van der Waals surface area contributed by atoms with Gasteiger partial charge in [-0.2, -0.15) is 0 Å². The van der Waals surface area contributed by atoms with Crippen molar-refractivity contribution < 1.29 is 19.1 Å². The van der Waals surface area contributed by atoms with Crippen molar-refractivity contribution in [1.82, 2.24) is 9.80 Å². The number of piperazine rings is 1. The van der Waals surface area contributed by atoms with Crippen LogP contribution in [0.25, 0.3) is 0 Å². The highest BCUT2D eigenvalue weighted by Gasteiger charge is 2.26. The fourth-order valence-corrected chi connectivity index (χ4v) is 2.57. The number of carbonyl (C=O) groups excluding carboxylic acids is 2. The van der Waals surface area contributed by atoms with Gasteiger partial charge < -0.3 is 25.0 Å². The van der Waals surface area contributed by atoms with E-state index in [2.05, 4.69) is 0 Å². The maximum absolute atomic E-state index is 12.6. The van der Waals surface area contributed by atoms with Crippen LogP contribution in [0.2, 0.25) is 0 Å². The molecule has 1 aromatic rings. The summed E-state index contributed by atoms with van der Waals surface area (Å²) in [4.78, 5) is 27.9. The molecular formula is C16H24ClN3O4. The molecule has 0 unspecified atom stereocenters. The largest absolute Gasteiger partial charge is 0.493 e. The van der Waals surface area contributed by atoms with Gasteiger partial charge >= 0.3 is 0 Å². The van der Waals surface area contributed by atoms with E-state index in [9.17, 15) is 9.59 Å². The van der Waals surface area contributed by atoms with Gasteiger partial charge in [-0.15, -0.1) is 12.4 Å². The molecule has 7 nitrogen and oxygen atoms in total. The van der Waals surface area contributed by atoms with Crippen LogP contribution in [-0.4, -0.2) is 68.1 Å². The lowest BCUT2D eigenvalue weighted by Gasteiger charge is -2.35. The minimum absolute atomic E-state index is 0. The number of rotatable bonds is 4. The standard InChI is InChI=1S/C16H23N3O4.ClH/c1-11(17)15(20)18-6-8-19(9-7-18)16(21)12-4-5-13(22-2)14(10-12)23-3;/h4-5,10-11H,6-9,17H2,1-3H3;1H/t11-;/m1./s1. The fraction of sp³-hybridized carbons (Fsp3) is 0.500. The topological polar surface area (TPSA) is 85.1 Å². The smallest absolute Gasteiger partial charge is 0.254 e. The third kappa shape index (κ3) is 4.30. The van der Waals surface area contributed by atoms with E-state index >= 15 is 0 Å². The first-order valence-electron chi connectivity index (χ1n) is 7.53. The Bertz CT molecular complexity index is 587. The quantitative estimate of drug-likeness (QED) is 0.859. The maximum atomic E-state index is 12.6. The molecule has 1 aromatic carbocycles. The third-order valence-corrected chi connectivity index (χ3v) is 3.90. The lowest BCUT2D eigenvalue weighted by atomic mass is 10.1. The van der Waals surface area contributed by atoms with E-state index in [1.165, 1.54) is 7.11 Å². The second-order valence-electron chi connectivity index (χ2n) is 5.48. The average molecular weight is 358 g/mol. The van der Waals surface area contributed by atoms with Crippen molar-refractivity contribution in [2.75, 3.05) is 40.4 Å². The van der Waals surface area contributed by atoms with Crippen LogP contribution in [0.3, 0.4) is 0 Å². The molecule has 1 atom stereocenters. The Hall–Kier alpha value is -1.99. The Morgan fingerprint density at radius 1 is 1.04 bits per heavy atom. The van der Waals surface area contributed by atoms with E-state index in [0.717, 1.165) is 0 Å². The average Bonchev–Trinajstić information content (AvgIpc) is 2.59. The number of hydrogen-bond acceptors (Lipinski definition) is 5. The van der Waals surface area contributed by atoms with Crippen molar-refractivity contribution in [3.8, 4) is 11.5 Å². The molecule has 134 valence electrons. The Morgan fingerprint density at radius 3 is 2.08 bits per heavy atom. The van der Waals surface area contributed by atoms with Gasteiger partial charge in [-0.3, -0.25) is 9.59 Å². The number of carbonyl (C=O) groups is 2. The van der Waals surface area contributed by atoms with Gasteiger partial charge in [0.2, 0.25) is 5.91 Å². The Labute approximate surface area is 148 Å². The van der Waals surface area contributed by atoms with Crippen molar-refractivity contribution >= 4 is 24.2 Å². The zero-order chi connectivity index (χ0) is 17.0. The van der Waals surface area contributed by atoms with Gasteiger partial charge in [-0.05, 0) is 25.1 Å². The molecule has 0 aliphatic carbocycles. The first-order valence-corrected chi connectivity index (χ1v) is 7.53. The van der Waals surface area contributed by atoms with Crippen molar-refractivity contribution in [1.29, 1.82) is 0 Å². The molecule has 8 heteroatoms. The molecule has 1 heterocycles. The zero-order valence-electron chi connectivity index (χ0n) is 14.2. The van der Waals surface area contributed by atoms with Crippen LogP contribution in [0.4, 0.5) is 0 Å². The number of benzene rings is 1. The predicted octanol–water partition coefficient (Wildman–Crippen LogP) is 0.757. The molecule has 1 fully saturated rings. The molecule has 2 N–H and O–H groups in total. The first-order chi connectivity index (χ1) is 11.0. The van der Waals surface area contributed by atoms with Crippen LogP contribution >= 0.6 is 12.4 Å². The summed E-state index contributed by atoms with van der Waals surface area (Å²) < 4.78 is 10.4. The highest BCUT2D eigenvalue weighted by atomic mass is 35.5. The monoisotopic (exact) mass is 357 g/mol. The molecule has 0 radical (unpaired) electrons. The third-order valence-electron chi connectivity index (χ3n) is 3.90. The van der Waals surface area contributed by atoms with Gasteiger partial charge in [0.1, 0.15) is 0 Å². The Kier molecular flexibility index (Phi) is 7.31. The van der Waals surface area contributed by atoms with Crippen LogP contribution < -0.4 is 15.2 Å². The van der Waals surface area contributed by atoms with E-state index in [0.29, 0.717) is 43.2 Å². The fourth-order valence-electron chi connectivity index (χ4n) is 2.57. The number of amides is 2. The van der Waals surface area contributed by atoms with Crippen LogP contribution in [0.1, 0.15) is 17.3 Å². The minimum atomic E-state index is -0.511. The number of ether oxygens (including phenoxy) is 2. The van der Waals surface area contributed by atoms with Gasteiger partial charge in [-0.1, -0.05) is 0 Å². The van der Waals surface area contributed by atoms with Crippen molar-refractivity contribution in [2.45, 2.75) is 13.0 Å². The summed E-state index contributed by atoms with van der Waals surface area (Å²) in [5.41, 5.74) is 6.15. The van der Waals surface area contributed by atoms with Crippen molar-refractivity contribution in [2.24, 2.45) is 5.73 Å². The second-order valence-corrected chi connectivity index (χ2v) is 5.48.